The summed E-state index contributed by atoms with van der Waals surface area (Å²) in [6, 6.07) is 1.72. The Bertz CT molecular complexity index is 360. The SMILES string of the molecule is Cn1ccc(C(=O)NCC(C)(C)CCBr)n1. The Labute approximate surface area is 105 Å². The number of aryl methyl sites for hydroxylation is 1. The number of nitrogens with one attached hydrogen (secondary N) is 1. The van der Waals surface area contributed by atoms with E-state index < -0.39 is 0 Å². The molecule has 0 saturated heterocycles. The summed E-state index contributed by atoms with van der Waals surface area (Å²) >= 11 is 3.41. The van der Waals surface area contributed by atoms with Gasteiger partial charge in [-0.25, -0.2) is 0 Å². The van der Waals surface area contributed by atoms with E-state index >= 15 is 0 Å². The van der Waals surface area contributed by atoms with Gasteiger partial charge in [0.25, 0.3) is 5.91 Å². The molecule has 5 heteroatoms. The predicted octanol–water partition coefficient (Wildman–Crippen LogP) is 1.96. The van der Waals surface area contributed by atoms with Gasteiger partial charge in [-0.2, -0.15) is 5.10 Å². The number of halogens is 1. The highest BCUT2D eigenvalue weighted by atomic mass is 79.9. The molecule has 90 valence electrons. The number of amides is 1. The van der Waals surface area contributed by atoms with Gasteiger partial charge in [-0.05, 0) is 17.9 Å². The molecule has 1 heterocycles. The summed E-state index contributed by atoms with van der Waals surface area (Å²) in [5.41, 5.74) is 0.575. The van der Waals surface area contributed by atoms with Crippen LogP contribution in [-0.4, -0.2) is 27.6 Å². The van der Waals surface area contributed by atoms with Crippen LogP contribution >= 0.6 is 15.9 Å². The van der Waals surface area contributed by atoms with Crippen LogP contribution in [0.1, 0.15) is 30.8 Å². The molecule has 0 aliphatic rings. The van der Waals surface area contributed by atoms with Gasteiger partial charge in [0.15, 0.2) is 0 Å². The molecule has 0 fully saturated rings. The summed E-state index contributed by atoms with van der Waals surface area (Å²) < 4.78 is 1.62. The second-order valence-electron chi connectivity index (χ2n) is 4.66. The van der Waals surface area contributed by atoms with E-state index in [1.165, 1.54) is 0 Å². The number of rotatable bonds is 5. The van der Waals surface area contributed by atoms with Gasteiger partial charge in [-0.1, -0.05) is 29.8 Å². The van der Waals surface area contributed by atoms with E-state index in [2.05, 4.69) is 40.2 Å². The predicted molar refractivity (Wildman–Crippen MR) is 67.7 cm³/mol. The normalized spacial score (nSPS) is 11.5. The molecule has 0 aromatic carbocycles. The maximum Gasteiger partial charge on any atom is 0.271 e. The minimum atomic E-state index is -0.108. The van der Waals surface area contributed by atoms with Crippen LogP contribution in [0, 0.1) is 5.41 Å². The van der Waals surface area contributed by atoms with Crippen LogP contribution in [0.3, 0.4) is 0 Å². The molecule has 1 N–H and O–H groups in total. The zero-order valence-corrected chi connectivity index (χ0v) is 11.5. The fourth-order valence-corrected chi connectivity index (χ4v) is 2.36. The average Bonchev–Trinajstić information content (AvgIpc) is 2.61. The molecule has 0 aliphatic heterocycles. The molecular formula is C11H18BrN3O. The van der Waals surface area contributed by atoms with Crippen LogP contribution in [0.5, 0.6) is 0 Å². The Kier molecular flexibility index (Phi) is 4.53. The Morgan fingerprint density at radius 3 is 2.81 bits per heavy atom. The van der Waals surface area contributed by atoms with Crippen molar-refractivity contribution in [2.24, 2.45) is 12.5 Å². The molecular weight excluding hydrogens is 270 g/mol. The topological polar surface area (TPSA) is 46.9 Å². The van der Waals surface area contributed by atoms with E-state index in [9.17, 15) is 4.79 Å². The third-order valence-electron chi connectivity index (χ3n) is 2.45. The lowest BCUT2D eigenvalue weighted by molar-refractivity contribution is 0.0930. The van der Waals surface area contributed by atoms with Gasteiger partial charge in [0.05, 0.1) is 0 Å². The summed E-state index contributed by atoms with van der Waals surface area (Å²) in [6.45, 7) is 4.92. The highest BCUT2D eigenvalue weighted by Crippen LogP contribution is 2.19. The standard InChI is InChI=1S/C11H18BrN3O/c1-11(2,5-6-12)8-13-10(16)9-4-7-15(3)14-9/h4,7H,5-6,8H2,1-3H3,(H,13,16). The third kappa shape index (κ3) is 3.96. The summed E-state index contributed by atoms with van der Waals surface area (Å²) in [7, 11) is 1.80. The van der Waals surface area contributed by atoms with Gasteiger partial charge in [-0.3, -0.25) is 9.48 Å². The van der Waals surface area contributed by atoms with Crippen molar-refractivity contribution in [3.8, 4) is 0 Å². The number of hydrogen-bond donors (Lipinski definition) is 1. The molecule has 1 rings (SSSR count). The third-order valence-corrected chi connectivity index (χ3v) is 2.84. The van der Waals surface area contributed by atoms with Crippen molar-refractivity contribution in [3.63, 3.8) is 0 Å². The Morgan fingerprint density at radius 1 is 1.62 bits per heavy atom. The first-order chi connectivity index (χ1) is 7.44. The molecule has 1 amide bonds. The number of aromatic nitrogens is 2. The number of nitrogens with zero attached hydrogens (tertiary/aromatic N) is 2. The Morgan fingerprint density at radius 2 is 2.31 bits per heavy atom. The molecule has 1 aromatic rings. The van der Waals surface area contributed by atoms with E-state index in [4.69, 9.17) is 0 Å². The van der Waals surface area contributed by atoms with Gasteiger partial charge in [0.1, 0.15) is 5.69 Å². The van der Waals surface area contributed by atoms with Crippen LogP contribution in [0.25, 0.3) is 0 Å². The summed E-state index contributed by atoms with van der Waals surface area (Å²) in [5.74, 6) is -0.108. The summed E-state index contributed by atoms with van der Waals surface area (Å²) in [4.78, 5) is 11.7. The van der Waals surface area contributed by atoms with Gasteiger partial charge in [0, 0.05) is 25.1 Å². The highest BCUT2D eigenvalue weighted by molar-refractivity contribution is 9.09. The number of hydrogen-bond acceptors (Lipinski definition) is 2. The first-order valence-electron chi connectivity index (χ1n) is 5.28. The van der Waals surface area contributed by atoms with Gasteiger partial charge in [0.2, 0.25) is 0 Å². The van der Waals surface area contributed by atoms with Crippen molar-refractivity contribution in [3.05, 3.63) is 18.0 Å². The van der Waals surface area contributed by atoms with E-state index in [0.29, 0.717) is 12.2 Å². The van der Waals surface area contributed by atoms with Gasteiger partial charge >= 0.3 is 0 Å². The van der Waals surface area contributed by atoms with Gasteiger partial charge in [-0.15, -0.1) is 0 Å². The van der Waals surface area contributed by atoms with Crippen LogP contribution in [-0.2, 0) is 7.05 Å². The summed E-state index contributed by atoms with van der Waals surface area (Å²) in [5, 5.41) is 7.90. The second-order valence-corrected chi connectivity index (χ2v) is 5.45. The van der Waals surface area contributed by atoms with Crippen LogP contribution in [0.2, 0.25) is 0 Å². The van der Waals surface area contributed by atoms with Crippen LogP contribution in [0.15, 0.2) is 12.3 Å². The largest absolute Gasteiger partial charge is 0.350 e. The molecule has 4 nitrogen and oxygen atoms in total. The lowest BCUT2D eigenvalue weighted by Gasteiger charge is -2.23. The lowest BCUT2D eigenvalue weighted by Crippen LogP contribution is -2.34. The van der Waals surface area contributed by atoms with Crippen molar-refractivity contribution in [2.45, 2.75) is 20.3 Å². The zero-order valence-electron chi connectivity index (χ0n) is 9.96. The second kappa shape index (κ2) is 5.48. The molecule has 0 bridgehead atoms. The van der Waals surface area contributed by atoms with Crippen LogP contribution in [0.4, 0.5) is 0 Å². The number of carbonyl (C=O) groups is 1. The maximum atomic E-state index is 11.7. The van der Waals surface area contributed by atoms with Crippen molar-refractivity contribution < 1.29 is 4.79 Å². The quantitative estimate of drug-likeness (QED) is 0.842. The van der Waals surface area contributed by atoms with Crippen molar-refractivity contribution in [1.29, 1.82) is 0 Å². The first-order valence-corrected chi connectivity index (χ1v) is 6.40. The van der Waals surface area contributed by atoms with E-state index in [1.807, 2.05) is 0 Å². The smallest absolute Gasteiger partial charge is 0.271 e. The maximum absolute atomic E-state index is 11.7. The van der Waals surface area contributed by atoms with Gasteiger partial charge < -0.3 is 5.32 Å². The van der Waals surface area contributed by atoms with E-state index in [-0.39, 0.29) is 11.3 Å². The Balaban J connectivity index is 2.47. The zero-order chi connectivity index (χ0) is 12.2. The molecule has 0 radical (unpaired) electrons. The monoisotopic (exact) mass is 287 g/mol. The fraction of sp³-hybridized carbons (Fsp3) is 0.636. The molecule has 0 unspecified atom stereocenters. The van der Waals surface area contributed by atoms with Crippen LogP contribution < -0.4 is 5.32 Å². The molecule has 0 aliphatic carbocycles. The van der Waals surface area contributed by atoms with E-state index in [0.717, 1.165) is 11.8 Å². The summed E-state index contributed by atoms with van der Waals surface area (Å²) in [6.07, 6.45) is 2.79. The van der Waals surface area contributed by atoms with Crippen molar-refractivity contribution in [2.75, 3.05) is 11.9 Å². The van der Waals surface area contributed by atoms with Crippen molar-refractivity contribution >= 4 is 21.8 Å². The molecule has 0 spiro atoms. The molecule has 16 heavy (non-hydrogen) atoms. The number of alkyl halides is 1. The Hall–Kier alpha value is -0.840. The minimum absolute atomic E-state index is 0.105. The van der Waals surface area contributed by atoms with Crippen molar-refractivity contribution in [1.82, 2.24) is 15.1 Å². The lowest BCUT2D eigenvalue weighted by atomic mass is 9.90. The first kappa shape index (κ1) is 13.2. The molecule has 0 atom stereocenters. The fourth-order valence-electron chi connectivity index (χ4n) is 1.29. The minimum Gasteiger partial charge on any atom is -0.350 e. The molecule has 0 saturated carbocycles. The highest BCUT2D eigenvalue weighted by Gasteiger charge is 2.19. The number of carbonyl (C=O) groups excluding carboxylic acids is 1. The molecule has 1 aromatic heterocycles. The van der Waals surface area contributed by atoms with E-state index in [1.54, 1.807) is 24.0 Å². The average molecular weight is 288 g/mol.